The second-order valence-corrected chi connectivity index (χ2v) is 6.14. The van der Waals surface area contributed by atoms with Gasteiger partial charge >= 0.3 is 0 Å². The van der Waals surface area contributed by atoms with Crippen molar-refractivity contribution < 1.29 is 9.21 Å². The standard InChI is InChI=1S/C18H24N4O2/c1-21-10-12-22(13-11-21)9-4-7-19-17(23)15-5-2-3-6-16(15)18-20-8-14-24-18/h2-3,5-6,8,14H,4,7,9-13H2,1H3,(H,19,23). The molecule has 24 heavy (non-hydrogen) atoms. The van der Waals surface area contributed by atoms with Crippen molar-refractivity contribution >= 4 is 5.91 Å². The fourth-order valence-electron chi connectivity index (χ4n) is 2.90. The average Bonchev–Trinajstić information content (AvgIpc) is 3.14. The molecule has 0 spiro atoms. The van der Waals surface area contributed by atoms with Crippen molar-refractivity contribution in [1.82, 2.24) is 20.1 Å². The van der Waals surface area contributed by atoms with E-state index in [1.54, 1.807) is 12.3 Å². The van der Waals surface area contributed by atoms with Gasteiger partial charge in [0.1, 0.15) is 6.26 Å². The van der Waals surface area contributed by atoms with E-state index in [-0.39, 0.29) is 5.91 Å². The number of nitrogens with zero attached hydrogens (tertiary/aromatic N) is 3. The first-order chi connectivity index (χ1) is 11.7. The Kier molecular flexibility index (Phi) is 5.61. The van der Waals surface area contributed by atoms with Crippen molar-refractivity contribution in [2.45, 2.75) is 6.42 Å². The summed E-state index contributed by atoms with van der Waals surface area (Å²) in [7, 11) is 2.16. The van der Waals surface area contributed by atoms with Gasteiger partial charge in [0.25, 0.3) is 5.91 Å². The Morgan fingerprint density at radius 2 is 2.04 bits per heavy atom. The van der Waals surface area contributed by atoms with Crippen LogP contribution in [0.2, 0.25) is 0 Å². The van der Waals surface area contributed by atoms with Crippen molar-refractivity contribution in [3.63, 3.8) is 0 Å². The number of benzene rings is 1. The Labute approximate surface area is 142 Å². The van der Waals surface area contributed by atoms with Crippen molar-refractivity contribution in [2.24, 2.45) is 0 Å². The summed E-state index contributed by atoms with van der Waals surface area (Å²) < 4.78 is 5.32. The normalized spacial score (nSPS) is 16.2. The van der Waals surface area contributed by atoms with E-state index in [1.807, 2.05) is 18.2 Å². The number of piperazine rings is 1. The lowest BCUT2D eigenvalue weighted by molar-refractivity contribution is 0.0950. The summed E-state index contributed by atoms with van der Waals surface area (Å²) in [6, 6.07) is 7.38. The summed E-state index contributed by atoms with van der Waals surface area (Å²) >= 11 is 0. The minimum atomic E-state index is -0.0813. The largest absolute Gasteiger partial charge is 0.445 e. The van der Waals surface area contributed by atoms with E-state index < -0.39 is 0 Å². The van der Waals surface area contributed by atoms with Gasteiger partial charge in [0.2, 0.25) is 5.89 Å². The van der Waals surface area contributed by atoms with Crippen molar-refractivity contribution in [3.8, 4) is 11.5 Å². The van der Waals surface area contributed by atoms with Gasteiger partial charge in [-0.2, -0.15) is 0 Å². The molecule has 6 nitrogen and oxygen atoms in total. The molecule has 0 unspecified atom stereocenters. The van der Waals surface area contributed by atoms with Crippen LogP contribution >= 0.6 is 0 Å². The Morgan fingerprint density at radius 1 is 1.25 bits per heavy atom. The van der Waals surface area contributed by atoms with Gasteiger partial charge in [-0.1, -0.05) is 12.1 Å². The molecule has 1 saturated heterocycles. The van der Waals surface area contributed by atoms with E-state index in [0.29, 0.717) is 18.0 Å². The average molecular weight is 328 g/mol. The van der Waals surface area contributed by atoms with Gasteiger partial charge in [-0.05, 0) is 32.1 Å². The van der Waals surface area contributed by atoms with E-state index >= 15 is 0 Å². The Bertz CT molecular complexity index is 649. The van der Waals surface area contributed by atoms with E-state index in [9.17, 15) is 4.79 Å². The number of aromatic nitrogens is 1. The van der Waals surface area contributed by atoms with Gasteiger partial charge in [0, 0.05) is 38.3 Å². The zero-order chi connectivity index (χ0) is 16.8. The monoisotopic (exact) mass is 328 g/mol. The van der Waals surface area contributed by atoms with Crippen molar-refractivity contribution in [1.29, 1.82) is 0 Å². The van der Waals surface area contributed by atoms with Crippen molar-refractivity contribution in [2.75, 3.05) is 46.3 Å². The van der Waals surface area contributed by atoms with E-state index in [2.05, 4.69) is 27.1 Å². The molecule has 0 saturated carbocycles. The van der Waals surface area contributed by atoms with Gasteiger partial charge < -0.3 is 19.5 Å². The number of hydrogen-bond acceptors (Lipinski definition) is 5. The van der Waals surface area contributed by atoms with Crippen LogP contribution in [0.5, 0.6) is 0 Å². The number of nitrogens with one attached hydrogen (secondary N) is 1. The molecule has 6 heteroatoms. The smallest absolute Gasteiger partial charge is 0.252 e. The van der Waals surface area contributed by atoms with Crippen LogP contribution in [-0.2, 0) is 0 Å². The Hall–Kier alpha value is -2.18. The summed E-state index contributed by atoms with van der Waals surface area (Å²) in [6.07, 6.45) is 4.05. The predicted octanol–water partition coefficient (Wildman–Crippen LogP) is 1.71. The molecule has 2 aromatic rings. The summed E-state index contributed by atoms with van der Waals surface area (Å²) in [5, 5.41) is 3.00. The third-order valence-electron chi connectivity index (χ3n) is 4.37. The predicted molar refractivity (Wildman–Crippen MR) is 92.8 cm³/mol. The molecule has 1 aromatic carbocycles. The highest BCUT2D eigenvalue weighted by Crippen LogP contribution is 2.21. The number of rotatable bonds is 6. The zero-order valence-electron chi connectivity index (χ0n) is 14.1. The van der Waals surface area contributed by atoms with Crippen LogP contribution in [0.1, 0.15) is 16.8 Å². The first kappa shape index (κ1) is 16.7. The maximum atomic E-state index is 12.5. The Morgan fingerprint density at radius 3 is 2.79 bits per heavy atom. The minimum absolute atomic E-state index is 0.0813. The number of amides is 1. The molecule has 1 amide bonds. The molecule has 128 valence electrons. The molecule has 0 radical (unpaired) electrons. The third-order valence-corrected chi connectivity index (χ3v) is 4.37. The highest BCUT2D eigenvalue weighted by molar-refractivity contribution is 5.99. The zero-order valence-corrected chi connectivity index (χ0v) is 14.1. The Balaban J connectivity index is 1.49. The topological polar surface area (TPSA) is 61.6 Å². The highest BCUT2D eigenvalue weighted by atomic mass is 16.3. The van der Waals surface area contributed by atoms with Crippen LogP contribution in [0.4, 0.5) is 0 Å². The van der Waals surface area contributed by atoms with Crippen LogP contribution in [-0.4, -0.2) is 67.0 Å². The van der Waals surface area contributed by atoms with Crippen LogP contribution < -0.4 is 5.32 Å². The lowest BCUT2D eigenvalue weighted by atomic mass is 10.1. The first-order valence-corrected chi connectivity index (χ1v) is 8.42. The van der Waals surface area contributed by atoms with Gasteiger partial charge in [-0.25, -0.2) is 4.98 Å². The quantitative estimate of drug-likeness (QED) is 0.818. The van der Waals surface area contributed by atoms with Crippen LogP contribution in [0.15, 0.2) is 41.1 Å². The molecule has 0 atom stereocenters. The fraction of sp³-hybridized carbons (Fsp3) is 0.444. The number of hydrogen-bond donors (Lipinski definition) is 1. The molecule has 1 aliphatic rings. The first-order valence-electron chi connectivity index (χ1n) is 8.42. The second kappa shape index (κ2) is 8.08. The molecule has 0 bridgehead atoms. The van der Waals surface area contributed by atoms with Crippen molar-refractivity contribution in [3.05, 3.63) is 42.3 Å². The number of carbonyl (C=O) groups is 1. The fourth-order valence-corrected chi connectivity index (χ4v) is 2.90. The molecule has 1 fully saturated rings. The molecule has 3 rings (SSSR count). The van der Waals surface area contributed by atoms with Crippen LogP contribution in [0.25, 0.3) is 11.5 Å². The molecule has 1 N–H and O–H groups in total. The molecule has 2 heterocycles. The molecular weight excluding hydrogens is 304 g/mol. The maximum absolute atomic E-state index is 12.5. The van der Waals surface area contributed by atoms with E-state index in [4.69, 9.17) is 4.42 Å². The van der Waals surface area contributed by atoms with Gasteiger partial charge in [-0.15, -0.1) is 0 Å². The number of carbonyl (C=O) groups excluding carboxylic acids is 1. The van der Waals surface area contributed by atoms with Gasteiger partial charge in [-0.3, -0.25) is 4.79 Å². The maximum Gasteiger partial charge on any atom is 0.252 e. The third kappa shape index (κ3) is 4.21. The lowest BCUT2D eigenvalue weighted by Crippen LogP contribution is -2.45. The van der Waals surface area contributed by atoms with Crippen LogP contribution in [0, 0.1) is 0 Å². The summed E-state index contributed by atoms with van der Waals surface area (Å²) in [6.45, 7) is 6.15. The summed E-state index contributed by atoms with van der Waals surface area (Å²) in [5.74, 6) is 0.389. The molecule has 1 aliphatic heterocycles. The highest BCUT2D eigenvalue weighted by Gasteiger charge is 2.15. The molecule has 0 aliphatic carbocycles. The minimum Gasteiger partial charge on any atom is -0.445 e. The number of likely N-dealkylation sites (N-methyl/N-ethyl adjacent to an activating group) is 1. The molecular formula is C18H24N4O2. The molecule has 1 aromatic heterocycles. The second-order valence-electron chi connectivity index (χ2n) is 6.14. The van der Waals surface area contributed by atoms with Crippen LogP contribution in [0.3, 0.4) is 0 Å². The SMILES string of the molecule is CN1CCN(CCCNC(=O)c2ccccc2-c2ncco2)CC1. The summed E-state index contributed by atoms with van der Waals surface area (Å²) in [4.78, 5) is 21.4. The number of oxazole rings is 1. The van der Waals surface area contributed by atoms with E-state index in [0.717, 1.165) is 44.7 Å². The lowest BCUT2D eigenvalue weighted by Gasteiger charge is -2.32. The van der Waals surface area contributed by atoms with E-state index in [1.165, 1.54) is 6.26 Å². The summed E-state index contributed by atoms with van der Waals surface area (Å²) in [5.41, 5.74) is 1.32. The van der Waals surface area contributed by atoms with Gasteiger partial charge in [0.15, 0.2) is 0 Å². The van der Waals surface area contributed by atoms with Gasteiger partial charge in [0.05, 0.1) is 11.8 Å².